The van der Waals surface area contributed by atoms with Crippen molar-refractivity contribution in [1.29, 1.82) is 0 Å². The van der Waals surface area contributed by atoms with Crippen molar-refractivity contribution in [2.24, 2.45) is 5.92 Å². The Hall–Kier alpha value is -0.340. The average molecular weight is 201 g/mol. The third-order valence-electron chi connectivity index (χ3n) is 2.31. The Kier molecular flexibility index (Phi) is 2.20. The second kappa shape index (κ2) is 3.19. The van der Waals surface area contributed by atoms with Crippen LogP contribution in [0.2, 0.25) is 0 Å². The molecule has 0 radical (unpaired) electrons. The van der Waals surface area contributed by atoms with E-state index < -0.39 is 0 Å². The van der Waals surface area contributed by atoms with Crippen molar-refractivity contribution in [2.45, 2.75) is 12.3 Å². The smallest absolute Gasteiger partial charge is 0.151 e. The number of carbonyl (C=O) groups excluding carboxylic acids is 1. The van der Waals surface area contributed by atoms with E-state index in [1.165, 1.54) is 5.56 Å². The predicted octanol–water partition coefficient (Wildman–Crippen LogP) is 2.66. The number of alkyl halides is 1. The summed E-state index contributed by atoms with van der Waals surface area (Å²) >= 11 is 7.15. The van der Waals surface area contributed by atoms with E-state index in [0.29, 0.717) is 5.92 Å². The van der Waals surface area contributed by atoms with E-state index in [4.69, 9.17) is 11.6 Å². The number of halogens is 1. The molecule has 0 aromatic carbocycles. The lowest BCUT2D eigenvalue weighted by molar-refractivity contribution is -0.117. The van der Waals surface area contributed by atoms with Crippen molar-refractivity contribution < 1.29 is 4.79 Å². The highest BCUT2D eigenvalue weighted by Gasteiger charge is 2.43. The molecule has 0 N–H and O–H groups in total. The average Bonchev–Trinajstić information content (AvgIpc) is 2.71. The van der Waals surface area contributed by atoms with Crippen LogP contribution in [-0.2, 0) is 4.79 Å². The van der Waals surface area contributed by atoms with Gasteiger partial charge in [0.05, 0.1) is 5.88 Å². The van der Waals surface area contributed by atoms with Gasteiger partial charge in [-0.15, -0.1) is 11.6 Å². The van der Waals surface area contributed by atoms with Crippen LogP contribution in [0.3, 0.4) is 0 Å². The summed E-state index contributed by atoms with van der Waals surface area (Å²) in [5, 5.41) is 4.17. The highest BCUT2D eigenvalue weighted by molar-refractivity contribution is 7.08. The van der Waals surface area contributed by atoms with Crippen LogP contribution in [0, 0.1) is 5.92 Å². The van der Waals surface area contributed by atoms with Crippen molar-refractivity contribution in [2.75, 3.05) is 5.88 Å². The fourth-order valence-corrected chi connectivity index (χ4v) is 2.43. The normalized spacial score (nSPS) is 27.1. The monoisotopic (exact) mass is 200 g/mol. The number of ketones is 1. The van der Waals surface area contributed by atoms with Gasteiger partial charge in [0.2, 0.25) is 0 Å². The molecule has 2 atom stereocenters. The molecule has 12 heavy (non-hydrogen) atoms. The molecule has 0 aliphatic heterocycles. The molecule has 0 amide bonds. The molecule has 1 fully saturated rings. The molecular weight excluding hydrogens is 192 g/mol. The first-order valence-corrected chi connectivity index (χ1v) is 5.41. The van der Waals surface area contributed by atoms with Gasteiger partial charge in [0, 0.05) is 5.92 Å². The highest BCUT2D eigenvalue weighted by atomic mass is 35.5. The Balaban J connectivity index is 2.01. The van der Waals surface area contributed by atoms with Crippen molar-refractivity contribution in [3.63, 3.8) is 0 Å². The van der Waals surface area contributed by atoms with Gasteiger partial charge in [0.25, 0.3) is 0 Å². The first-order valence-electron chi connectivity index (χ1n) is 3.93. The summed E-state index contributed by atoms with van der Waals surface area (Å²) in [5.74, 6) is 1.07. The van der Waals surface area contributed by atoms with E-state index in [-0.39, 0.29) is 17.6 Å². The lowest BCUT2D eigenvalue weighted by atomic mass is 10.1. The summed E-state index contributed by atoms with van der Waals surface area (Å²) in [7, 11) is 0. The van der Waals surface area contributed by atoms with Gasteiger partial charge in [-0.2, -0.15) is 11.3 Å². The molecule has 1 nitrogen and oxygen atoms in total. The third-order valence-corrected chi connectivity index (χ3v) is 3.27. The minimum Gasteiger partial charge on any atom is -0.298 e. The van der Waals surface area contributed by atoms with E-state index in [9.17, 15) is 4.79 Å². The Bertz CT molecular complexity index is 281. The maximum atomic E-state index is 11.2. The SMILES string of the molecule is O=C(CCl)[C@@H]1C[C@H]1c1ccsc1. The van der Waals surface area contributed by atoms with Gasteiger partial charge >= 0.3 is 0 Å². The topological polar surface area (TPSA) is 17.1 Å². The molecule has 0 spiro atoms. The summed E-state index contributed by atoms with van der Waals surface area (Å²) < 4.78 is 0. The molecule has 1 aromatic rings. The minimum atomic E-state index is 0.172. The Morgan fingerprint density at radius 2 is 2.58 bits per heavy atom. The first-order chi connectivity index (χ1) is 5.83. The summed E-state index contributed by atoms with van der Waals surface area (Å²) in [5.41, 5.74) is 1.31. The number of hydrogen-bond acceptors (Lipinski definition) is 2. The number of Topliss-reactive ketones (excluding diaryl/α,β-unsaturated/α-hetero) is 1. The standard InChI is InChI=1S/C9H9ClOS/c10-4-9(11)8-3-7(8)6-1-2-12-5-6/h1-2,5,7-8H,3-4H2/t7-,8+/m0/s1. The van der Waals surface area contributed by atoms with Crippen LogP contribution in [0.1, 0.15) is 17.9 Å². The number of thiophene rings is 1. The molecule has 0 unspecified atom stereocenters. The molecular formula is C9H9ClOS. The minimum absolute atomic E-state index is 0.172. The molecule has 1 aliphatic carbocycles. The molecule has 0 bridgehead atoms. The largest absolute Gasteiger partial charge is 0.298 e. The second-order valence-electron chi connectivity index (χ2n) is 3.11. The molecule has 64 valence electrons. The number of carbonyl (C=O) groups is 1. The molecule has 1 heterocycles. The molecule has 0 saturated heterocycles. The summed E-state index contributed by atoms with van der Waals surface area (Å²) in [4.78, 5) is 11.2. The van der Waals surface area contributed by atoms with Gasteiger partial charge in [-0.05, 0) is 34.7 Å². The van der Waals surface area contributed by atoms with Crippen LogP contribution in [0.25, 0.3) is 0 Å². The number of hydrogen-bond donors (Lipinski definition) is 0. The van der Waals surface area contributed by atoms with Gasteiger partial charge in [-0.3, -0.25) is 4.79 Å². The quantitative estimate of drug-likeness (QED) is 0.686. The van der Waals surface area contributed by atoms with E-state index in [2.05, 4.69) is 16.8 Å². The Labute approximate surface area is 80.4 Å². The third kappa shape index (κ3) is 1.41. The maximum Gasteiger partial charge on any atom is 0.151 e. The van der Waals surface area contributed by atoms with Crippen LogP contribution >= 0.6 is 22.9 Å². The van der Waals surface area contributed by atoms with E-state index in [1.807, 2.05) is 0 Å². The molecule has 3 heteroatoms. The van der Waals surface area contributed by atoms with Crippen LogP contribution < -0.4 is 0 Å². The first kappa shape index (κ1) is 8.27. The highest BCUT2D eigenvalue weighted by Crippen LogP contribution is 2.48. The lowest BCUT2D eigenvalue weighted by Crippen LogP contribution is -2.02. The fourth-order valence-electron chi connectivity index (χ4n) is 1.50. The van der Waals surface area contributed by atoms with Crippen LogP contribution in [0.4, 0.5) is 0 Å². The molecule has 1 aromatic heterocycles. The van der Waals surface area contributed by atoms with Gasteiger partial charge in [-0.1, -0.05) is 0 Å². The zero-order chi connectivity index (χ0) is 8.55. The molecule has 2 rings (SSSR count). The van der Waals surface area contributed by atoms with Crippen LogP contribution in [0.15, 0.2) is 16.8 Å². The van der Waals surface area contributed by atoms with E-state index >= 15 is 0 Å². The van der Waals surface area contributed by atoms with Crippen molar-refractivity contribution in [3.8, 4) is 0 Å². The van der Waals surface area contributed by atoms with Crippen LogP contribution in [0.5, 0.6) is 0 Å². The van der Waals surface area contributed by atoms with E-state index in [0.717, 1.165) is 6.42 Å². The summed E-state index contributed by atoms with van der Waals surface area (Å²) in [6.45, 7) is 0. The Morgan fingerprint density at radius 3 is 3.17 bits per heavy atom. The number of rotatable bonds is 3. The zero-order valence-electron chi connectivity index (χ0n) is 6.50. The van der Waals surface area contributed by atoms with E-state index in [1.54, 1.807) is 11.3 Å². The summed E-state index contributed by atoms with van der Waals surface area (Å²) in [6, 6.07) is 2.09. The Morgan fingerprint density at radius 1 is 1.75 bits per heavy atom. The van der Waals surface area contributed by atoms with Gasteiger partial charge in [0.15, 0.2) is 5.78 Å². The lowest BCUT2D eigenvalue weighted by Gasteiger charge is -1.92. The second-order valence-corrected chi connectivity index (χ2v) is 4.15. The predicted molar refractivity (Wildman–Crippen MR) is 50.9 cm³/mol. The van der Waals surface area contributed by atoms with Gasteiger partial charge < -0.3 is 0 Å². The van der Waals surface area contributed by atoms with Crippen LogP contribution in [-0.4, -0.2) is 11.7 Å². The van der Waals surface area contributed by atoms with Gasteiger partial charge in [0.1, 0.15) is 0 Å². The maximum absolute atomic E-state index is 11.2. The fraction of sp³-hybridized carbons (Fsp3) is 0.444. The molecule has 1 saturated carbocycles. The van der Waals surface area contributed by atoms with Gasteiger partial charge in [-0.25, -0.2) is 0 Å². The van der Waals surface area contributed by atoms with Crippen molar-refractivity contribution >= 4 is 28.7 Å². The molecule has 1 aliphatic rings. The van der Waals surface area contributed by atoms with Crippen molar-refractivity contribution in [1.82, 2.24) is 0 Å². The summed E-state index contributed by atoms with van der Waals surface area (Å²) in [6.07, 6.45) is 1.00. The zero-order valence-corrected chi connectivity index (χ0v) is 8.07. The van der Waals surface area contributed by atoms with Crippen molar-refractivity contribution in [3.05, 3.63) is 22.4 Å².